The monoisotopic (exact) mass is 574 g/mol. The lowest BCUT2D eigenvalue weighted by molar-refractivity contribution is 0.411. The first-order chi connectivity index (χ1) is 21.2. The SMILES string of the molecule is CC(C)[CH2][Al]([O]c1cccc(-c2ccccc2)c1-c1ccccc1)[O]c1cccc(-c2ccccc2)c1-c1ccccc1. The number of benzene rings is 6. The van der Waals surface area contributed by atoms with Gasteiger partial charge in [0, 0.05) is 11.1 Å². The summed E-state index contributed by atoms with van der Waals surface area (Å²) in [7, 11) is 0. The van der Waals surface area contributed by atoms with Crippen LogP contribution < -0.4 is 7.58 Å². The van der Waals surface area contributed by atoms with Gasteiger partial charge in [0.1, 0.15) is 0 Å². The molecule has 210 valence electrons. The summed E-state index contributed by atoms with van der Waals surface area (Å²) in [6, 6.07) is 54.9. The van der Waals surface area contributed by atoms with Crippen molar-refractivity contribution in [3.05, 3.63) is 158 Å². The second kappa shape index (κ2) is 13.6. The predicted molar refractivity (Wildman–Crippen MR) is 181 cm³/mol. The van der Waals surface area contributed by atoms with Gasteiger partial charge in [-0.05, 0) is 50.8 Å². The first-order valence-electron chi connectivity index (χ1n) is 15.0. The van der Waals surface area contributed by atoms with Gasteiger partial charge in [-0.1, -0.05) is 165 Å². The topological polar surface area (TPSA) is 18.5 Å². The fourth-order valence-electron chi connectivity index (χ4n) is 5.57. The van der Waals surface area contributed by atoms with Crippen molar-refractivity contribution < 1.29 is 7.58 Å². The van der Waals surface area contributed by atoms with E-state index in [1.807, 2.05) is 0 Å². The van der Waals surface area contributed by atoms with Gasteiger partial charge in [0.25, 0.3) is 0 Å². The van der Waals surface area contributed by atoms with E-state index in [4.69, 9.17) is 7.58 Å². The minimum Gasteiger partial charge on any atom is -0.611 e. The molecule has 6 rings (SSSR count). The van der Waals surface area contributed by atoms with Crippen molar-refractivity contribution in [1.29, 1.82) is 0 Å². The number of hydrogen-bond donors (Lipinski definition) is 0. The van der Waals surface area contributed by atoms with Gasteiger partial charge in [-0.3, -0.25) is 0 Å². The predicted octanol–water partition coefficient (Wildman–Crippen LogP) is 11.0. The van der Waals surface area contributed by atoms with Crippen LogP contribution in [-0.4, -0.2) is 14.8 Å². The van der Waals surface area contributed by atoms with Gasteiger partial charge in [-0.2, -0.15) is 0 Å². The lowest BCUT2D eigenvalue weighted by atomic mass is 9.94. The smallest absolute Gasteiger partial charge is 0.611 e. The maximum Gasteiger partial charge on any atom is 0.857 e. The molecule has 0 bridgehead atoms. The lowest BCUT2D eigenvalue weighted by Crippen LogP contribution is -2.31. The third-order valence-corrected chi connectivity index (χ3v) is 9.89. The molecule has 0 N–H and O–H groups in total. The lowest BCUT2D eigenvalue weighted by Gasteiger charge is -2.24. The maximum atomic E-state index is 7.03. The van der Waals surface area contributed by atoms with Crippen molar-refractivity contribution in [2.75, 3.05) is 0 Å². The van der Waals surface area contributed by atoms with Crippen LogP contribution in [0.25, 0.3) is 44.5 Å². The summed E-state index contributed by atoms with van der Waals surface area (Å²) in [4.78, 5) is 0. The zero-order valence-corrected chi connectivity index (χ0v) is 25.8. The zero-order chi connectivity index (χ0) is 29.4. The third kappa shape index (κ3) is 6.76. The average Bonchev–Trinajstić information content (AvgIpc) is 3.06. The van der Waals surface area contributed by atoms with Gasteiger partial charge < -0.3 is 7.58 Å². The van der Waals surface area contributed by atoms with E-state index in [0.717, 1.165) is 61.3 Å². The first kappa shape index (κ1) is 28.6. The van der Waals surface area contributed by atoms with Gasteiger partial charge in [0.15, 0.2) is 0 Å². The number of rotatable bonds is 10. The summed E-state index contributed by atoms with van der Waals surface area (Å²) in [5.74, 6) is 2.15. The van der Waals surface area contributed by atoms with E-state index in [0.29, 0.717) is 5.92 Å². The molecule has 43 heavy (non-hydrogen) atoms. The van der Waals surface area contributed by atoms with Crippen LogP contribution >= 0.6 is 0 Å². The fraction of sp³-hybridized carbons (Fsp3) is 0.100. The molecule has 6 aromatic rings. The van der Waals surface area contributed by atoms with E-state index in [9.17, 15) is 0 Å². The standard InChI is InChI=1S/2C18H14O.C4H9.Al/c2*19-17-13-7-12-16(14-8-3-1-4-9-14)18(17)15-10-5-2-6-11-15;1-4(2)3;/h2*1-13,19H;4H,1H2,2-3H3;/q;;;+2/p-2. The molecule has 0 aliphatic carbocycles. The molecule has 0 saturated carbocycles. The van der Waals surface area contributed by atoms with Crippen molar-refractivity contribution in [3.63, 3.8) is 0 Å². The van der Waals surface area contributed by atoms with Crippen LogP contribution in [0.1, 0.15) is 13.8 Å². The number of hydrogen-bond acceptors (Lipinski definition) is 2. The van der Waals surface area contributed by atoms with Crippen LogP contribution in [0, 0.1) is 5.92 Å². The summed E-state index contributed by atoms with van der Waals surface area (Å²) in [5, 5.41) is 0.869. The fourth-order valence-corrected chi connectivity index (χ4v) is 7.54. The van der Waals surface area contributed by atoms with Crippen molar-refractivity contribution in [1.82, 2.24) is 0 Å². The minimum atomic E-state index is -2.28. The van der Waals surface area contributed by atoms with E-state index in [1.165, 1.54) is 0 Å². The third-order valence-electron chi connectivity index (χ3n) is 7.53. The van der Waals surface area contributed by atoms with Gasteiger partial charge in [0.05, 0.1) is 11.5 Å². The van der Waals surface area contributed by atoms with Crippen molar-refractivity contribution in [2.24, 2.45) is 5.92 Å². The molecule has 6 aromatic carbocycles. The highest BCUT2D eigenvalue weighted by Crippen LogP contribution is 2.42. The van der Waals surface area contributed by atoms with E-state index < -0.39 is 14.8 Å². The summed E-state index contributed by atoms with van der Waals surface area (Å²) in [6.07, 6.45) is 0. The highest BCUT2D eigenvalue weighted by Gasteiger charge is 2.35. The molecule has 0 unspecified atom stereocenters. The summed E-state index contributed by atoms with van der Waals surface area (Å²) >= 11 is -2.28. The molecule has 0 heterocycles. The molecule has 0 aromatic heterocycles. The Hall–Kier alpha value is -4.55. The van der Waals surface area contributed by atoms with Crippen LogP contribution in [0.3, 0.4) is 0 Å². The molecule has 3 heteroatoms. The van der Waals surface area contributed by atoms with E-state index in [1.54, 1.807) is 0 Å². The summed E-state index contributed by atoms with van der Waals surface area (Å²) < 4.78 is 14.1. The molecule has 0 aliphatic rings. The van der Waals surface area contributed by atoms with E-state index in [2.05, 4.69) is 172 Å². The molecule has 0 atom stereocenters. The maximum absolute atomic E-state index is 7.03. The molecule has 0 fully saturated rings. The Kier molecular flexibility index (Phi) is 9.05. The highest BCUT2D eigenvalue weighted by atomic mass is 27.2. The molecule has 0 saturated heterocycles. The quantitative estimate of drug-likeness (QED) is 0.152. The Morgan fingerprint density at radius 2 is 0.767 bits per heavy atom. The van der Waals surface area contributed by atoms with Crippen molar-refractivity contribution >= 4 is 14.8 Å². The molecule has 0 spiro atoms. The second-order valence-electron chi connectivity index (χ2n) is 11.1. The second-order valence-corrected chi connectivity index (χ2v) is 12.9. The first-order valence-corrected chi connectivity index (χ1v) is 16.7. The Labute approximate surface area is 260 Å². The molecular formula is C40H35AlO2. The van der Waals surface area contributed by atoms with E-state index in [-0.39, 0.29) is 0 Å². The van der Waals surface area contributed by atoms with Gasteiger partial charge >= 0.3 is 14.8 Å². The van der Waals surface area contributed by atoms with Crippen LogP contribution in [0.15, 0.2) is 158 Å². The van der Waals surface area contributed by atoms with Gasteiger partial charge in [0.2, 0.25) is 0 Å². The van der Waals surface area contributed by atoms with Crippen molar-refractivity contribution in [2.45, 2.75) is 19.1 Å². The average molecular weight is 575 g/mol. The Bertz CT molecular complexity index is 1620. The van der Waals surface area contributed by atoms with Gasteiger partial charge in [-0.15, -0.1) is 0 Å². The molecule has 2 nitrogen and oxygen atoms in total. The Morgan fingerprint density at radius 1 is 0.419 bits per heavy atom. The molecule has 0 aliphatic heterocycles. The largest absolute Gasteiger partial charge is 0.857 e. The molecular weight excluding hydrogens is 539 g/mol. The highest BCUT2D eigenvalue weighted by molar-refractivity contribution is 6.46. The molecule has 0 amide bonds. The van der Waals surface area contributed by atoms with Gasteiger partial charge in [-0.25, -0.2) is 0 Å². The Balaban J connectivity index is 1.45. The van der Waals surface area contributed by atoms with Crippen LogP contribution in [0.5, 0.6) is 11.5 Å². The minimum absolute atomic E-state index is 0.423. The van der Waals surface area contributed by atoms with E-state index >= 15 is 0 Å². The summed E-state index contributed by atoms with van der Waals surface area (Å²) in [6.45, 7) is 4.48. The normalized spacial score (nSPS) is 10.9. The van der Waals surface area contributed by atoms with Crippen LogP contribution in [0.4, 0.5) is 0 Å². The van der Waals surface area contributed by atoms with Crippen molar-refractivity contribution in [3.8, 4) is 56.0 Å². The van der Waals surface area contributed by atoms with Crippen LogP contribution in [-0.2, 0) is 0 Å². The summed E-state index contributed by atoms with van der Waals surface area (Å²) in [5.41, 5.74) is 9.08. The Morgan fingerprint density at radius 3 is 1.12 bits per heavy atom. The zero-order valence-electron chi connectivity index (χ0n) is 24.7. The molecule has 0 radical (unpaired) electrons. The van der Waals surface area contributed by atoms with Crippen LogP contribution in [0.2, 0.25) is 5.28 Å².